The van der Waals surface area contributed by atoms with Gasteiger partial charge < -0.3 is 5.32 Å². The zero-order valence-corrected chi connectivity index (χ0v) is 11.2. The molecule has 0 atom stereocenters. The second-order valence-electron chi connectivity index (χ2n) is 4.23. The Morgan fingerprint density at radius 1 is 1.21 bits per heavy atom. The van der Waals surface area contributed by atoms with Crippen molar-refractivity contribution in [2.75, 3.05) is 6.54 Å². The second-order valence-corrected chi connectivity index (χ2v) is 4.66. The molecule has 2 rings (SSSR count). The highest BCUT2D eigenvalue weighted by Crippen LogP contribution is 2.10. The van der Waals surface area contributed by atoms with Gasteiger partial charge in [-0.3, -0.25) is 9.78 Å². The highest BCUT2D eigenvalue weighted by atomic mass is 35.5. The fourth-order valence-corrected chi connectivity index (χ4v) is 1.98. The lowest BCUT2D eigenvalue weighted by molar-refractivity contribution is -0.120. The molecular weight excluding hydrogens is 260 g/mol. The molecule has 19 heavy (non-hydrogen) atoms. The molecule has 0 saturated carbocycles. The monoisotopic (exact) mass is 274 g/mol. The SMILES string of the molecule is O=C(Cc1ccccn1)NCCc1cccc(Cl)c1. The molecule has 98 valence electrons. The van der Waals surface area contributed by atoms with E-state index in [2.05, 4.69) is 10.3 Å². The number of benzene rings is 1. The molecule has 2 aromatic rings. The Morgan fingerprint density at radius 2 is 2.11 bits per heavy atom. The van der Waals surface area contributed by atoms with Gasteiger partial charge in [-0.25, -0.2) is 0 Å². The number of rotatable bonds is 5. The number of nitrogens with one attached hydrogen (secondary N) is 1. The van der Waals surface area contributed by atoms with Crippen molar-refractivity contribution in [2.45, 2.75) is 12.8 Å². The van der Waals surface area contributed by atoms with Crippen LogP contribution in [0.4, 0.5) is 0 Å². The lowest BCUT2D eigenvalue weighted by Gasteiger charge is -2.05. The van der Waals surface area contributed by atoms with Gasteiger partial charge in [-0.1, -0.05) is 29.8 Å². The van der Waals surface area contributed by atoms with Gasteiger partial charge in [-0.2, -0.15) is 0 Å². The lowest BCUT2D eigenvalue weighted by atomic mass is 10.1. The molecule has 0 spiro atoms. The first-order valence-electron chi connectivity index (χ1n) is 6.15. The van der Waals surface area contributed by atoms with Crippen molar-refractivity contribution in [2.24, 2.45) is 0 Å². The summed E-state index contributed by atoms with van der Waals surface area (Å²) in [6.07, 6.45) is 2.78. The number of carbonyl (C=O) groups is 1. The van der Waals surface area contributed by atoms with Gasteiger partial charge in [0.2, 0.25) is 5.91 Å². The number of aromatic nitrogens is 1. The van der Waals surface area contributed by atoms with E-state index < -0.39 is 0 Å². The standard InChI is InChI=1S/C15H15ClN2O/c16-13-5-3-4-12(10-13)7-9-18-15(19)11-14-6-1-2-8-17-14/h1-6,8,10H,7,9,11H2,(H,18,19). The van der Waals surface area contributed by atoms with Gasteiger partial charge in [0.25, 0.3) is 0 Å². The second kappa shape index (κ2) is 6.90. The van der Waals surface area contributed by atoms with Gasteiger partial charge in [0, 0.05) is 23.5 Å². The quantitative estimate of drug-likeness (QED) is 0.911. The van der Waals surface area contributed by atoms with Crippen molar-refractivity contribution in [3.63, 3.8) is 0 Å². The predicted molar refractivity (Wildman–Crippen MR) is 76.1 cm³/mol. The average molecular weight is 275 g/mol. The van der Waals surface area contributed by atoms with E-state index in [9.17, 15) is 4.79 Å². The average Bonchev–Trinajstić information content (AvgIpc) is 2.40. The fraction of sp³-hybridized carbons (Fsp3) is 0.200. The lowest BCUT2D eigenvalue weighted by Crippen LogP contribution is -2.27. The molecule has 1 heterocycles. The van der Waals surface area contributed by atoms with Crippen LogP contribution in [-0.4, -0.2) is 17.4 Å². The number of hydrogen-bond donors (Lipinski definition) is 1. The van der Waals surface area contributed by atoms with Crippen LogP contribution in [0.15, 0.2) is 48.7 Å². The fourth-order valence-electron chi connectivity index (χ4n) is 1.77. The summed E-state index contributed by atoms with van der Waals surface area (Å²) in [7, 11) is 0. The van der Waals surface area contributed by atoms with Gasteiger partial charge in [0.15, 0.2) is 0 Å². The minimum atomic E-state index is -0.0132. The molecule has 0 aliphatic rings. The molecule has 0 unspecified atom stereocenters. The van der Waals surface area contributed by atoms with Gasteiger partial charge in [-0.05, 0) is 36.2 Å². The number of halogens is 1. The molecule has 0 fully saturated rings. The van der Waals surface area contributed by atoms with E-state index in [-0.39, 0.29) is 5.91 Å². The summed E-state index contributed by atoms with van der Waals surface area (Å²) < 4.78 is 0. The molecule has 0 radical (unpaired) electrons. The molecular formula is C15H15ClN2O. The Bertz CT molecular complexity index is 543. The summed E-state index contributed by atoms with van der Waals surface area (Å²) >= 11 is 5.90. The highest BCUT2D eigenvalue weighted by Gasteiger charge is 2.03. The number of carbonyl (C=O) groups excluding carboxylic acids is 1. The van der Waals surface area contributed by atoms with E-state index in [1.54, 1.807) is 6.20 Å². The predicted octanol–water partition coefficient (Wildman–Crippen LogP) is 2.64. The summed E-state index contributed by atoms with van der Waals surface area (Å²) in [4.78, 5) is 15.8. The van der Waals surface area contributed by atoms with E-state index in [1.165, 1.54) is 0 Å². The Labute approximate surface area is 117 Å². The van der Waals surface area contributed by atoms with Crippen LogP contribution in [0.25, 0.3) is 0 Å². The van der Waals surface area contributed by atoms with Crippen molar-refractivity contribution >= 4 is 17.5 Å². The van der Waals surface area contributed by atoms with Crippen LogP contribution in [0.5, 0.6) is 0 Å². The zero-order valence-electron chi connectivity index (χ0n) is 10.5. The summed E-state index contributed by atoms with van der Waals surface area (Å²) in [5, 5.41) is 3.60. The Hall–Kier alpha value is -1.87. The third-order valence-corrected chi connectivity index (χ3v) is 2.93. The summed E-state index contributed by atoms with van der Waals surface area (Å²) in [5.74, 6) is -0.0132. The Balaban J connectivity index is 1.75. The molecule has 0 saturated heterocycles. The largest absolute Gasteiger partial charge is 0.355 e. The number of amides is 1. The molecule has 1 aromatic carbocycles. The van der Waals surface area contributed by atoms with Crippen molar-refractivity contribution in [1.29, 1.82) is 0 Å². The van der Waals surface area contributed by atoms with Crippen LogP contribution in [0.3, 0.4) is 0 Å². The number of hydrogen-bond acceptors (Lipinski definition) is 2. The van der Waals surface area contributed by atoms with E-state index in [0.717, 1.165) is 22.7 Å². The van der Waals surface area contributed by atoms with Crippen LogP contribution in [0.1, 0.15) is 11.3 Å². The maximum atomic E-state index is 11.7. The van der Waals surface area contributed by atoms with Crippen LogP contribution in [0, 0.1) is 0 Å². The first-order chi connectivity index (χ1) is 9.24. The number of nitrogens with zero attached hydrogens (tertiary/aromatic N) is 1. The van der Waals surface area contributed by atoms with E-state index in [1.807, 2.05) is 42.5 Å². The zero-order chi connectivity index (χ0) is 13.5. The van der Waals surface area contributed by atoms with Crippen LogP contribution < -0.4 is 5.32 Å². The summed E-state index contributed by atoms with van der Waals surface area (Å²) in [5.41, 5.74) is 1.90. The summed E-state index contributed by atoms with van der Waals surface area (Å²) in [6.45, 7) is 0.603. The number of pyridine rings is 1. The topological polar surface area (TPSA) is 42.0 Å². The highest BCUT2D eigenvalue weighted by molar-refractivity contribution is 6.30. The van der Waals surface area contributed by atoms with Crippen molar-refractivity contribution in [1.82, 2.24) is 10.3 Å². The van der Waals surface area contributed by atoms with Crippen molar-refractivity contribution in [3.8, 4) is 0 Å². The smallest absolute Gasteiger partial charge is 0.226 e. The summed E-state index contributed by atoms with van der Waals surface area (Å²) in [6, 6.07) is 13.2. The molecule has 0 aliphatic carbocycles. The van der Waals surface area contributed by atoms with E-state index in [0.29, 0.717) is 13.0 Å². The molecule has 0 aliphatic heterocycles. The van der Waals surface area contributed by atoms with Gasteiger partial charge in [-0.15, -0.1) is 0 Å². The molecule has 1 N–H and O–H groups in total. The maximum Gasteiger partial charge on any atom is 0.226 e. The minimum absolute atomic E-state index is 0.0132. The van der Waals surface area contributed by atoms with E-state index >= 15 is 0 Å². The molecule has 1 aromatic heterocycles. The Morgan fingerprint density at radius 3 is 2.84 bits per heavy atom. The van der Waals surface area contributed by atoms with Crippen LogP contribution in [-0.2, 0) is 17.6 Å². The van der Waals surface area contributed by atoms with Crippen molar-refractivity contribution < 1.29 is 4.79 Å². The molecule has 1 amide bonds. The normalized spacial score (nSPS) is 10.2. The van der Waals surface area contributed by atoms with Crippen molar-refractivity contribution in [3.05, 3.63) is 64.9 Å². The van der Waals surface area contributed by atoms with Crippen LogP contribution in [0.2, 0.25) is 5.02 Å². The minimum Gasteiger partial charge on any atom is -0.355 e. The van der Waals surface area contributed by atoms with E-state index in [4.69, 9.17) is 11.6 Å². The van der Waals surface area contributed by atoms with Crippen LogP contribution >= 0.6 is 11.6 Å². The maximum absolute atomic E-state index is 11.7. The molecule has 3 nitrogen and oxygen atoms in total. The third kappa shape index (κ3) is 4.72. The molecule has 4 heteroatoms. The third-order valence-electron chi connectivity index (χ3n) is 2.69. The first-order valence-corrected chi connectivity index (χ1v) is 6.53. The Kier molecular flexibility index (Phi) is 4.93. The van der Waals surface area contributed by atoms with Gasteiger partial charge in [0.1, 0.15) is 0 Å². The molecule has 0 bridgehead atoms. The van der Waals surface area contributed by atoms with Gasteiger partial charge >= 0.3 is 0 Å². The van der Waals surface area contributed by atoms with Gasteiger partial charge in [0.05, 0.1) is 6.42 Å². The first kappa shape index (κ1) is 13.6.